The lowest BCUT2D eigenvalue weighted by Crippen LogP contribution is -2.44. The first kappa shape index (κ1) is 18.1. The molecule has 0 fully saturated rings. The standard InChI is InChI=1S/C16H18ClNO6/c1-6(2)12(15(21)22)18-14(20)9-5-10(17)8-4-7(3)24-16(23)11(8)13(9)19/h5-7,12,19H,4H2,1-3H3,(H,18,20)(H,21,22)/t7-,12+/m1/s1. The van der Waals surface area contributed by atoms with Crippen LogP contribution in [0.2, 0.25) is 5.02 Å². The number of rotatable bonds is 4. The molecule has 0 unspecified atom stereocenters. The number of fused-ring (bicyclic) bond motifs is 1. The normalized spacial score (nSPS) is 17.9. The number of carboxylic acids is 1. The smallest absolute Gasteiger partial charge is 0.342 e. The van der Waals surface area contributed by atoms with Gasteiger partial charge in [0.05, 0.1) is 5.56 Å². The number of esters is 1. The number of amides is 1. The van der Waals surface area contributed by atoms with E-state index < -0.39 is 29.6 Å². The van der Waals surface area contributed by atoms with Gasteiger partial charge in [-0.15, -0.1) is 0 Å². The number of hydrogen-bond acceptors (Lipinski definition) is 5. The first-order valence-corrected chi connectivity index (χ1v) is 7.80. The molecule has 0 saturated carbocycles. The summed E-state index contributed by atoms with van der Waals surface area (Å²) in [5.74, 6) is -3.72. The number of carbonyl (C=O) groups excluding carboxylic acids is 2. The number of aromatic hydroxyl groups is 1. The molecule has 2 atom stereocenters. The Morgan fingerprint density at radius 3 is 2.58 bits per heavy atom. The molecule has 1 aromatic rings. The summed E-state index contributed by atoms with van der Waals surface area (Å²) >= 11 is 6.14. The van der Waals surface area contributed by atoms with Gasteiger partial charge in [-0.3, -0.25) is 4.79 Å². The van der Waals surface area contributed by atoms with Gasteiger partial charge in [0.1, 0.15) is 23.5 Å². The Morgan fingerprint density at radius 1 is 1.42 bits per heavy atom. The average Bonchev–Trinajstić information content (AvgIpc) is 2.46. The molecule has 2 rings (SSSR count). The zero-order valence-electron chi connectivity index (χ0n) is 13.4. The molecule has 3 N–H and O–H groups in total. The van der Waals surface area contributed by atoms with Crippen molar-refractivity contribution in [3.05, 3.63) is 27.8 Å². The van der Waals surface area contributed by atoms with Crippen LogP contribution in [0.4, 0.5) is 0 Å². The van der Waals surface area contributed by atoms with E-state index in [2.05, 4.69) is 5.32 Å². The molecular formula is C16H18ClNO6. The Bertz CT molecular complexity index is 715. The molecule has 0 bridgehead atoms. The zero-order valence-corrected chi connectivity index (χ0v) is 14.2. The Balaban J connectivity index is 2.44. The number of hydrogen-bond donors (Lipinski definition) is 3. The highest BCUT2D eigenvalue weighted by atomic mass is 35.5. The maximum absolute atomic E-state index is 12.3. The van der Waals surface area contributed by atoms with E-state index in [1.54, 1.807) is 20.8 Å². The molecule has 7 nitrogen and oxygen atoms in total. The molecule has 1 heterocycles. The average molecular weight is 356 g/mol. The van der Waals surface area contributed by atoms with E-state index in [0.29, 0.717) is 12.0 Å². The zero-order chi connectivity index (χ0) is 18.2. The highest BCUT2D eigenvalue weighted by Crippen LogP contribution is 2.36. The summed E-state index contributed by atoms with van der Waals surface area (Å²) in [6.45, 7) is 4.96. The van der Waals surface area contributed by atoms with Gasteiger partial charge in [-0.1, -0.05) is 25.4 Å². The van der Waals surface area contributed by atoms with Gasteiger partial charge >= 0.3 is 11.9 Å². The summed E-state index contributed by atoms with van der Waals surface area (Å²) in [4.78, 5) is 35.6. The lowest BCUT2D eigenvalue weighted by Gasteiger charge is -2.25. The Morgan fingerprint density at radius 2 is 2.04 bits per heavy atom. The number of nitrogens with one attached hydrogen (secondary N) is 1. The van der Waals surface area contributed by atoms with Crippen molar-refractivity contribution in [2.75, 3.05) is 0 Å². The number of phenols is 1. The molecule has 0 aromatic heterocycles. The van der Waals surface area contributed by atoms with Crippen molar-refractivity contribution in [3.63, 3.8) is 0 Å². The summed E-state index contributed by atoms with van der Waals surface area (Å²) in [7, 11) is 0. The van der Waals surface area contributed by atoms with Crippen LogP contribution >= 0.6 is 11.6 Å². The SMILES string of the molecule is CC(C)[C@H](NC(=O)c1cc(Cl)c2c(c1O)C(=O)O[C@H](C)C2)C(=O)O. The third-order valence-electron chi connectivity index (χ3n) is 3.82. The molecule has 1 aromatic carbocycles. The Labute approximate surface area is 143 Å². The predicted octanol–water partition coefficient (Wildman–Crippen LogP) is 1.99. The van der Waals surface area contributed by atoms with Gasteiger partial charge in [0, 0.05) is 11.4 Å². The monoisotopic (exact) mass is 355 g/mol. The van der Waals surface area contributed by atoms with E-state index in [1.807, 2.05) is 0 Å². The Hall–Kier alpha value is -2.28. The van der Waals surface area contributed by atoms with Gasteiger partial charge in [0.15, 0.2) is 0 Å². The van der Waals surface area contributed by atoms with Crippen LogP contribution in [-0.2, 0) is 16.0 Å². The van der Waals surface area contributed by atoms with Crippen LogP contribution in [0, 0.1) is 5.92 Å². The van der Waals surface area contributed by atoms with Crippen molar-refractivity contribution in [1.82, 2.24) is 5.32 Å². The number of carboxylic acid groups (broad SMARTS) is 1. The maximum atomic E-state index is 12.3. The summed E-state index contributed by atoms with van der Waals surface area (Å²) in [6, 6.07) is 0.0916. The van der Waals surface area contributed by atoms with Gasteiger partial charge in [-0.05, 0) is 24.5 Å². The maximum Gasteiger partial charge on any atom is 0.342 e. The molecule has 1 amide bonds. The van der Waals surface area contributed by atoms with Crippen molar-refractivity contribution in [2.24, 2.45) is 5.92 Å². The van der Waals surface area contributed by atoms with E-state index >= 15 is 0 Å². The molecule has 1 aliphatic heterocycles. The first-order chi connectivity index (χ1) is 11.1. The summed E-state index contributed by atoms with van der Waals surface area (Å²) in [6.07, 6.45) is -0.0713. The largest absolute Gasteiger partial charge is 0.506 e. The highest BCUT2D eigenvalue weighted by molar-refractivity contribution is 6.32. The van der Waals surface area contributed by atoms with Crippen molar-refractivity contribution < 1.29 is 29.3 Å². The van der Waals surface area contributed by atoms with Gasteiger partial charge in [0.2, 0.25) is 0 Å². The van der Waals surface area contributed by atoms with Gasteiger partial charge in [0.25, 0.3) is 5.91 Å². The van der Waals surface area contributed by atoms with Crippen LogP contribution < -0.4 is 5.32 Å². The van der Waals surface area contributed by atoms with Crippen LogP contribution in [0.1, 0.15) is 47.1 Å². The third-order valence-corrected chi connectivity index (χ3v) is 4.16. The van der Waals surface area contributed by atoms with E-state index in [1.165, 1.54) is 6.07 Å². The van der Waals surface area contributed by atoms with Crippen LogP contribution in [0.5, 0.6) is 5.75 Å². The minimum Gasteiger partial charge on any atom is -0.506 e. The number of aliphatic carboxylic acids is 1. The molecule has 24 heavy (non-hydrogen) atoms. The molecule has 8 heteroatoms. The lowest BCUT2D eigenvalue weighted by atomic mass is 9.95. The minimum absolute atomic E-state index is 0.146. The summed E-state index contributed by atoms with van der Waals surface area (Å²) in [5, 5.41) is 21.9. The first-order valence-electron chi connectivity index (χ1n) is 7.42. The molecule has 0 aliphatic carbocycles. The topological polar surface area (TPSA) is 113 Å². The number of ether oxygens (including phenoxy) is 1. The number of cyclic esters (lactones) is 1. The number of halogens is 1. The number of benzene rings is 1. The van der Waals surface area contributed by atoms with Crippen molar-refractivity contribution in [1.29, 1.82) is 0 Å². The van der Waals surface area contributed by atoms with Gasteiger partial charge in [-0.25, -0.2) is 9.59 Å². The fourth-order valence-corrected chi connectivity index (χ4v) is 2.86. The lowest BCUT2D eigenvalue weighted by molar-refractivity contribution is -0.140. The van der Waals surface area contributed by atoms with Crippen molar-refractivity contribution >= 4 is 29.4 Å². The summed E-state index contributed by atoms with van der Waals surface area (Å²) < 4.78 is 5.06. The van der Waals surface area contributed by atoms with E-state index in [9.17, 15) is 19.5 Å². The van der Waals surface area contributed by atoms with Crippen LogP contribution in [0.3, 0.4) is 0 Å². The minimum atomic E-state index is -1.20. The Kier molecular flexibility index (Phi) is 5.03. The van der Waals surface area contributed by atoms with Gasteiger partial charge < -0.3 is 20.3 Å². The van der Waals surface area contributed by atoms with Crippen LogP contribution in [-0.4, -0.2) is 40.2 Å². The summed E-state index contributed by atoms with van der Waals surface area (Å²) in [5.41, 5.74) is -0.00700. The van der Waals surface area contributed by atoms with Gasteiger partial charge in [-0.2, -0.15) is 0 Å². The fraction of sp³-hybridized carbons (Fsp3) is 0.438. The second kappa shape index (κ2) is 6.68. The van der Waals surface area contributed by atoms with Crippen LogP contribution in [0.25, 0.3) is 0 Å². The number of phenolic OH excluding ortho intramolecular Hbond substituents is 1. The molecular weight excluding hydrogens is 338 g/mol. The molecule has 0 saturated heterocycles. The second-order valence-electron chi connectivity index (χ2n) is 6.06. The molecule has 1 aliphatic rings. The van der Waals surface area contributed by atoms with E-state index in [4.69, 9.17) is 21.4 Å². The molecule has 0 radical (unpaired) electrons. The van der Waals surface area contributed by atoms with Crippen LogP contribution in [0.15, 0.2) is 6.07 Å². The predicted molar refractivity (Wildman–Crippen MR) is 85.4 cm³/mol. The van der Waals surface area contributed by atoms with Crippen molar-refractivity contribution in [2.45, 2.75) is 39.3 Å². The van der Waals surface area contributed by atoms with E-state index in [0.717, 1.165) is 0 Å². The highest BCUT2D eigenvalue weighted by Gasteiger charge is 2.33. The third kappa shape index (κ3) is 3.31. The quantitative estimate of drug-likeness (QED) is 0.712. The number of carbonyl (C=O) groups is 3. The van der Waals surface area contributed by atoms with E-state index in [-0.39, 0.29) is 28.2 Å². The second-order valence-corrected chi connectivity index (χ2v) is 6.47. The fourth-order valence-electron chi connectivity index (χ4n) is 2.58. The van der Waals surface area contributed by atoms with Crippen molar-refractivity contribution in [3.8, 4) is 5.75 Å². The molecule has 0 spiro atoms. The molecule has 130 valence electrons.